The molecule has 5 N–H and O–H groups in total. The Hall–Kier alpha value is -0.930. The Labute approximate surface area is 90.1 Å². The highest BCUT2D eigenvalue weighted by molar-refractivity contribution is 5.01. The number of hydrogen-bond acceptors (Lipinski definition) is 7. The van der Waals surface area contributed by atoms with Crippen molar-refractivity contribution in [3.8, 4) is 0 Å². The SMILES string of the molecule is [N-]=[N+]=NC[C@@]1(O)C(O)O[C@H](CO)[C@@H](O)[C@@H]1O. The van der Waals surface area contributed by atoms with E-state index in [1.807, 2.05) is 0 Å². The van der Waals surface area contributed by atoms with Crippen LogP contribution < -0.4 is 0 Å². The fourth-order valence-corrected chi connectivity index (χ4v) is 1.48. The number of ether oxygens (including phenoxy) is 1. The molecule has 0 aromatic carbocycles. The molecule has 1 fully saturated rings. The minimum absolute atomic E-state index is 0.632. The Kier molecular flexibility index (Phi) is 4.05. The lowest BCUT2D eigenvalue weighted by Gasteiger charge is -2.45. The van der Waals surface area contributed by atoms with Gasteiger partial charge in [0.05, 0.1) is 13.2 Å². The third kappa shape index (κ3) is 2.11. The first-order chi connectivity index (χ1) is 7.47. The van der Waals surface area contributed by atoms with E-state index in [-0.39, 0.29) is 0 Å². The standard InChI is InChI=1S/C7H13N3O6/c8-10-9-2-7(15)5(13)4(12)3(1-11)16-6(7)14/h3-6,11-15H,1-2H2/t3-,4-,5+,6?,7+/m1/s1. The molecule has 0 amide bonds. The zero-order chi connectivity index (χ0) is 12.3. The second kappa shape index (κ2) is 4.93. The maximum atomic E-state index is 9.79. The third-order valence-corrected chi connectivity index (χ3v) is 2.52. The van der Waals surface area contributed by atoms with Crippen molar-refractivity contribution in [1.82, 2.24) is 0 Å². The highest BCUT2D eigenvalue weighted by Gasteiger charge is 2.53. The number of hydrogen-bond donors (Lipinski definition) is 5. The number of rotatable bonds is 3. The Morgan fingerprint density at radius 2 is 2.00 bits per heavy atom. The lowest BCUT2D eigenvalue weighted by molar-refractivity contribution is -0.325. The van der Waals surface area contributed by atoms with Gasteiger partial charge in [0, 0.05) is 4.91 Å². The summed E-state index contributed by atoms with van der Waals surface area (Å²) >= 11 is 0. The molecule has 9 heteroatoms. The van der Waals surface area contributed by atoms with E-state index in [2.05, 4.69) is 10.0 Å². The Balaban J connectivity index is 2.89. The van der Waals surface area contributed by atoms with Gasteiger partial charge in [0.25, 0.3) is 0 Å². The largest absolute Gasteiger partial charge is 0.394 e. The molecule has 1 saturated heterocycles. The van der Waals surface area contributed by atoms with Gasteiger partial charge in [-0.1, -0.05) is 5.11 Å². The Morgan fingerprint density at radius 1 is 1.38 bits per heavy atom. The van der Waals surface area contributed by atoms with Crippen LogP contribution >= 0.6 is 0 Å². The quantitative estimate of drug-likeness (QED) is 0.206. The van der Waals surface area contributed by atoms with Crippen LogP contribution in [0.4, 0.5) is 0 Å². The van der Waals surface area contributed by atoms with Crippen LogP contribution in [0.2, 0.25) is 0 Å². The van der Waals surface area contributed by atoms with Crippen molar-refractivity contribution in [2.24, 2.45) is 5.11 Å². The van der Waals surface area contributed by atoms with E-state index in [0.717, 1.165) is 0 Å². The van der Waals surface area contributed by atoms with Crippen molar-refractivity contribution in [2.75, 3.05) is 13.2 Å². The van der Waals surface area contributed by atoms with E-state index < -0.39 is 43.4 Å². The molecule has 16 heavy (non-hydrogen) atoms. The smallest absolute Gasteiger partial charge is 0.187 e. The van der Waals surface area contributed by atoms with Crippen LogP contribution in [0, 0.1) is 0 Å². The molecule has 1 rings (SSSR count). The fourth-order valence-electron chi connectivity index (χ4n) is 1.48. The number of nitrogens with zero attached hydrogens (tertiary/aromatic N) is 3. The first kappa shape index (κ1) is 13.1. The highest BCUT2D eigenvalue weighted by Crippen LogP contribution is 2.29. The van der Waals surface area contributed by atoms with Crippen molar-refractivity contribution < 1.29 is 30.3 Å². The summed E-state index contributed by atoms with van der Waals surface area (Å²) in [5, 5.41) is 50.0. The summed E-state index contributed by atoms with van der Waals surface area (Å²) in [7, 11) is 0. The molecule has 0 aromatic heterocycles. The fraction of sp³-hybridized carbons (Fsp3) is 1.00. The lowest BCUT2D eigenvalue weighted by atomic mass is 9.86. The predicted octanol–water partition coefficient (Wildman–Crippen LogP) is -2.54. The molecule has 1 aliphatic heterocycles. The molecule has 5 atom stereocenters. The second-order valence-corrected chi connectivity index (χ2v) is 3.53. The normalized spacial score (nSPS) is 43.8. The topological polar surface area (TPSA) is 159 Å². The van der Waals surface area contributed by atoms with Crippen LogP contribution in [0.25, 0.3) is 10.4 Å². The molecule has 1 aliphatic rings. The molecule has 0 saturated carbocycles. The molecule has 0 bridgehead atoms. The number of aliphatic hydroxyl groups excluding tert-OH is 4. The zero-order valence-electron chi connectivity index (χ0n) is 8.21. The van der Waals surface area contributed by atoms with Gasteiger partial charge in [-0.25, -0.2) is 0 Å². The summed E-state index contributed by atoms with van der Waals surface area (Å²) in [4.78, 5) is 2.36. The minimum Gasteiger partial charge on any atom is -0.394 e. The lowest BCUT2D eigenvalue weighted by Crippen LogP contribution is -2.67. The van der Waals surface area contributed by atoms with E-state index in [0.29, 0.717) is 0 Å². The Morgan fingerprint density at radius 3 is 2.50 bits per heavy atom. The van der Waals surface area contributed by atoms with Crippen molar-refractivity contribution >= 4 is 0 Å². The predicted molar refractivity (Wildman–Crippen MR) is 48.9 cm³/mol. The van der Waals surface area contributed by atoms with Gasteiger partial charge in [-0.15, -0.1) is 0 Å². The Bertz CT molecular complexity index is 296. The van der Waals surface area contributed by atoms with Gasteiger partial charge in [-0.3, -0.25) is 0 Å². The van der Waals surface area contributed by atoms with Gasteiger partial charge >= 0.3 is 0 Å². The molecule has 9 nitrogen and oxygen atoms in total. The van der Waals surface area contributed by atoms with Crippen molar-refractivity contribution in [1.29, 1.82) is 0 Å². The van der Waals surface area contributed by atoms with E-state index >= 15 is 0 Å². The molecule has 1 unspecified atom stereocenters. The van der Waals surface area contributed by atoms with Gasteiger partial charge in [0.1, 0.15) is 23.9 Å². The van der Waals surface area contributed by atoms with Crippen LogP contribution in [-0.2, 0) is 4.74 Å². The summed E-state index contributed by atoms with van der Waals surface area (Å²) in [6.45, 7) is -1.30. The van der Waals surface area contributed by atoms with E-state index in [1.54, 1.807) is 0 Å². The van der Waals surface area contributed by atoms with Crippen molar-refractivity contribution in [2.45, 2.75) is 30.2 Å². The summed E-state index contributed by atoms with van der Waals surface area (Å²) in [5.74, 6) is 0. The van der Waals surface area contributed by atoms with Crippen molar-refractivity contribution in [3.63, 3.8) is 0 Å². The first-order valence-electron chi connectivity index (χ1n) is 4.51. The van der Waals surface area contributed by atoms with Gasteiger partial charge < -0.3 is 30.3 Å². The second-order valence-electron chi connectivity index (χ2n) is 3.53. The molecular formula is C7H13N3O6. The minimum atomic E-state index is -2.29. The zero-order valence-corrected chi connectivity index (χ0v) is 8.21. The summed E-state index contributed by atoms with van der Waals surface area (Å²) < 4.78 is 4.69. The molecule has 0 spiro atoms. The number of azide groups is 1. The van der Waals surface area contributed by atoms with Crippen LogP contribution in [-0.4, -0.2) is 68.9 Å². The van der Waals surface area contributed by atoms with Crippen LogP contribution in [0.15, 0.2) is 5.11 Å². The maximum Gasteiger partial charge on any atom is 0.187 e. The number of aliphatic hydroxyl groups is 5. The average Bonchev–Trinajstić information content (AvgIpc) is 2.29. The van der Waals surface area contributed by atoms with Gasteiger partial charge in [0.15, 0.2) is 6.29 Å². The van der Waals surface area contributed by atoms with Crippen LogP contribution in [0.1, 0.15) is 0 Å². The maximum absolute atomic E-state index is 9.79. The van der Waals surface area contributed by atoms with Gasteiger partial charge in [-0.05, 0) is 5.53 Å². The highest BCUT2D eigenvalue weighted by atomic mass is 16.6. The first-order valence-corrected chi connectivity index (χ1v) is 4.51. The third-order valence-electron chi connectivity index (χ3n) is 2.52. The molecule has 92 valence electrons. The molecule has 0 radical (unpaired) electrons. The van der Waals surface area contributed by atoms with Crippen LogP contribution in [0.5, 0.6) is 0 Å². The summed E-state index contributed by atoms with van der Waals surface area (Å²) in [6.07, 6.45) is -6.46. The van der Waals surface area contributed by atoms with E-state index in [1.165, 1.54) is 0 Å². The average molecular weight is 235 g/mol. The van der Waals surface area contributed by atoms with E-state index in [4.69, 9.17) is 15.4 Å². The monoisotopic (exact) mass is 235 g/mol. The van der Waals surface area contributed by atoms with Gasteiger partial charge in [-0.2, -0.15) is 0 Å². The van der Waals surface area contributed by atoms with Gasteiger partial charge in [0.2, 0.25) is 0 Å². The molecule has 0 aliphatic carbocycles. The molecule has 1 heterocycles. The van der Waals surface area contributed by atoms with Crippen molar-refractivity contribution in [3.05, 3.63) is 10.4 Å². The molecular weight excluding hydrogens is 222 g/mol. The van der Waals surface area contributed by atoms with E-state index in [9.17, 15) is 20.4 Å². The van der Waals surface area contributed by atoms with Crippen LogP contribution in [0.3, 0.4) is 0 Å². The summed E-state index contributed by atoms with van der Waals surface area (Å²) in [5.41, 5.74) is 5.79. The summed E-state index contributed by atoms with van der Waals surface area (Å²) in [6, 6.07) is 0. The molecule has 0 aromatic rings.